The molecule has 32 heavy (non-hydrogen) atoms. The SMILES string of the molecule is c1ccc2cc(-c3c(-c4ccncc4OC[C@@H]4CCCN4)[nH]c4cccnc34)ccc2c1. The highest BCUT2D eigenvalue weighted by Gasteiger charge is 2.21. The third kappa shape index (κ3) is 3.41. The summed E-state index contributed by atoms with van der Waals surface area (Å²) in [5, 5.41) is 5.93. The second-order valence-electron chi connectivity index (χ2n) is 8.31. The lowest BCUT2D eigenvalue weighted by molar-refractivity contribution is 0.277. The predicted molar refractivity (Wildman–Crippen MR) is 129 cm³/mol. The van der Waals surface area contributed by atoms with E-state index in [9.17, 15) is 0 Å². The number of H-pyrrole nitrogens is 1. The van der Waals surface area contributed by atoms with Crippen LogP contribution in [0, 0.1) is 0 Å². The fourth-order valence-corrected chi connectivity index (χ4v) is 4.64. The maximum absolute atomic E-state index is 6.27. The molecule has 3 aromatic heterocycles. The first-order valence-electron chi connectivity index (χ1n) is 11.1. The van der Waals surface area contributed by atoms with Gasteiger partial charge in [-0.25, -0.2) is 0 Å². The Morgan fingerprint density at radius 1 is 0.969 bits per heavy atom. The number of nitrogens with zero attached hydrogens (tertiary/aromatic N) is 2. The highest BCUT2D eigenvalue weighted by molar-refractivity contribution is 6.03. The minimum Gasteiger partial charge on any atom is -0.490 e. The second kappa shape index (κ2) is 8.09. The Labute approximate surface area is 186 Å². The molecule has 1 aliphatic rings. The molecule has 0 radical (unpaired) electrons. The number of rotatable bonds is 5. The summed E-state index contributed by atoms with van der Waals surface area (Å²) in [5.74, 6) is 0.787. The second-order valence-corrected chi connectivity index (χ2v) is 8.31. The summed E-state index contributed by atoms with van der Waals surface area (Å²) in [7, 11) is 0. The number of hydrogen-bond donors (Lipinski definition) is 2. The van der Waals surface area contributed by atoms with E-state index in [4.69, 9.17) is 9.72 Å². The summed E-state index contributed by atoms with van der Waals surface area (Å²) in [5.41, 5.74) is 6.18. The molecule has 1 fully saturated rings. The van der Waals surface area contributed by atoms with Gasteiger partial charge in [-0.05, 0) is 60.0 Å². The first-order chi connectivity index (χ1) is 15.9. The number of aromatic amines is 1. The van der Waals surface area contributed by atoms with Crippen molar-refractivity contribution in [1.82, 2.24) is 20.3 Å². The van der Waals surface area contributed by atoms with Crippen molar-refractivity contribution in [2.45, 2.75) is 18.9 Å². The summed E-state index contributed by atoms with van der Waals surface area (Å²) >= 11 is 0. The van der Waals surface area contributed by atoms with Crippen molar-refractivity contribution in [3.63, 3.8) is 0 Å². The van der Waals surface area contributed by atoms with Gasteiger partial charge in [-0.1, -0.05) is 36.4 Å². The zero-order valence-electron chi connectivity index (χ0n) is 17.7. The van der Waals surface area contributed by atoms with E-state index in [-0.39, 0.29) is 0 Å². The van der Waals surface area contributed by atoms with Crippen LogP contribution in [0.25, 0.3) is 44.2 Å². The molecule has 1 atom stereocenters. The van der Waals surface area contributed by atoms with Gasteiger partial charge in [0.05, 0.1) is 22.9 Å². The van der Waals surface area contributed by atoms with Crippen LogP contribution in [0.2, 0.25) is 0 Å². The zero-order valence-corrected chi connectivity index (χ0v) is 17.7. The lowest BCUT2D eigenvalue weighted by atomic mass is 9.98. The fourth-order valence-electron chi connectivity index (χ4n) is 4.64. The van der Waals surface area contributed by atoms with E-state index < -0.39 is 0 Å². The Bertz CT molecular complexity index is 1400. The Morgan fingerprint density at radius 2 is 1.91 bits per heavy atom. The van der Waals surface area contributed by atoms with Gasteiger partial charge in [0.1, 0.15) is 12.4 Å². The van der Waals surface area contributed by atoms with Crippen LogP contribution in [0.1, 0.15) is 12.8 Å². The average molecular weight is 421 g/mol. The third-order valence-corrected chi connectivity index (χ3v) is 6.25. The maximum atomic E-state index is 6.27. The van der Waals surface area contributed by atoms with Crippen LogP contribution in [-0.2, 0) is 0 Å². The Hall–Kier alpha value is -3.70. The van der Waals surface area contributed by atoms with E-state index in [1.807, 2.05) is 30.7 Å². The van der Waals surface area contributed by atoms with Crippen molar-refractivity contribution in [2.75, 3.05) is 13.2 Å². The van der Waals surface area contributed by atoms with Crippen LogP contribution in [0.5, 0.6) is 5.75 Å². The molecule has 0 aliphatic carbocycles. The van der Waals surface area contributed by atoms with Crippen LogP contribution in [-0.4, -0.2) is 34.1 Å². The topological polar surface area (TPSA) is 62.8 Å². The van der Waals surface area contributed by atoms with E-state index in [0.29, 0.717) is 12.6 Å². The first-order valence-corrected chi connectivity index (χ1v) is 11.1. The monoisotopic (exact) mass is 420 g/mol. The normalized spacial score (nSPS) is 16.1. The zero-order chi connectivity index (χ0) is 21.3. The summed E-state index contributed by atoms with van der Waals surface area (Å²) in [4.78, 5) is 12.7. The molecule has 6 rings (SSSR count). The molecule has 0 spiro atoms. The van der Waals surface area contributed by atoms with Gasteiger partial charge in [0.15, 0.2) is 0 Å². The van der Waals surface area contributed by atoms with E-state index in [0.717, 1.165) is 52.1 Å². The van der Waals surface area contributed by atoms with Gasteiger partial charge in [0.2, 0.25) is 0 Å². The largest absolute Gasteiger partial charge is 0.490 e. The lowest BCUT2D eigenvalue weighted by Crippen LogP contribution is -2.28. The molecule has 5 nitrogen and oxygen atoms in total. The molecule has 0 amide bonds. The molecular weight excluding hydrogens is 396 g/mol. The molecule has 0 saturated carbocycles. The van der Waals surface area contributed by atoms with Gasteiger partial charge >= 0.3 is 0 Å². The Morgan fingerprint density at radius 3 is 2.81 bits per heavy atom. The summed E-state index contributed by atoms with van der Waals surface area (Å²) in [6.07, 6.45) is 7.83. The van der Waals surface area contributed by atoms with Gasteiger partial charge in [-0.15, -0.1) is 0 Å². The number of fused-ring (bicyclic) bond motifs is 2. The van der Waals surface area contributed by atoms with Gasteiger partial charge in [0, 0.05) is 29.6 Å². The van der Waals surface area contributed by atoms with Gasteiger partial charge < -0.3 is 15.0 Å². The van der Waals surface area contributed by atoms with E-state index in [1.54, 1.807) is 0 Å². The molecule has 158 valence electrons. The van der Waals surface area contributed by atoms with Crippen molar-refractivity contribution in [1.29, 1.82) is 0 Å². The molecule has 0 unspecified atom stereocenters. The van der Waals surface area contributed by atoms with Gasteiger partial charge in [-0.2, -0.15) is 0 Å². The molecular formula is C27H24N4O. The van der Waals surface area contributed by atoms with Crippen molar-refractivity contribution in [3.8, 4) is 28.1 Å². The van der Waals surface area contributed by atoms with Crippen LogP contribution in [0.4, 0.5) is 0 Å². The molecule has 1 aliphatic heterocycles. The number of hydrogen-bond acceptors (Lipinski definition) is 4. The van der Waals surface area contributed by atoms with Crippen LogP contribution in [0.15, 0.2) is 79.3 Å². The fraction of sp³-hybridized carbons (Fsp3) is 0.185. The molecule has 2 N–H and O–H groups in total. The van der Waals surface area contributed by atoms with Gasteiger partial charge in [0.25, 0.3) is 0 Å². The van der Waals surface area contributed by atoms with E-state index in [1.165, 1.54) is 17.2 Å². The van der Waals surface area contributed by atoms with Crippen molar-refractivity contribution >= 4 is 21.8 Å². The number of nitrogens with one attached hydrogen (secondary N) is 2. The standard InChI is InChI=1S/C27H24N4O/c1-2-6-19-15-20(10-9-18(19)5-1)25-26(31-23-8-4-13-30-27(23)25)22-11-14-28-16-24(22)32-17-21-7-3-12-29-21/h1-2,4-6,8-11,13-16,21,29,31H,3,7,12,17H2/t21-/m0/s1. The molecule has 4 heterocycles. The lowest BCUT2D eigenvalue weighted by Gasteiger charge is -2.15. The molecule has 1 saturated heterocycles. The molecule has 2 aromatic carbocycles. The predicted octanol–water partition coefficient (Wildman–Crippen LogP) is 5.58. The van der Waals surface area contributed by atoms with Crippen molar-refractivity contribution in [2.24, 2.45) is 0 Å². The van der Waals surface area contributed by atoms with Crippen LogP contribution >= 0.6 is 0 Å². The minimum absolute atomic E-state index is 0.396. The van der Waals surface area contributed by atoms with E-state index >= 15 is 0 Å². The van der Waals surface area contributed by atoms with Crippen LogP contribution in [0.3, 0.4) is 0 Å². The minimum atomic E-state index is 0.396. The number of aromatic nitrogens is 3. The quantitative estimate of drug-likeness (QED) is 0.390. The molecule has 5 aromatic rings. The number of pyridine rings is 2. The van der Waals surface area contributed by atoms with Crippen molar-refractivity contribution < 1.29 is 4.74 Å². The summed E-state index contributed by atoms with van der Waals surface area (Å²) in [6, 6.07) is 21.5. The number of ether oxygens (including phenoxy) is 1. The van der Waals surface area contributed by atoms with Crippen molar-refractivity contribution in [3.05, 3.63) is 79.3 Å². The highest BCUT2D eigenvalue weighted by Crippen LogP contribution is 2.41. The Balaban J connectivity index is 1.50. The highest BCUT2D eigenvalue weighted by atomic mass is 16.5. The Kier molecular flexibility index (Phi) is 4.81. The first kappa shape index (κ1) is 19.0. The summed E-state index contributed by atoms with van der Waals surface area (Å²) < 4.78 is 6.27. The molecule has 0 bridgehead atoms. The molecule has 5 heteroatoms. The van der Waals surface area contributed by atoms with Gasteiger partial charge in [-0.3, -0.25) is 9.97 Å². The van der Waals surface area contributed by atoms with Crippen LogP contribution < -0.4 is 10.1 Å². The smallest absolute Gasteiger partial charge is 0.146 e. The van der Waals surface area contributed by atoms with E-state index in [2.05, 4.69) is 63.8 Å². The summed E-state index contributed by atoms with van der Waals surface area (Å²) in [6.45, 7) is 1.70. The average Bonchev–Trinajstić information content (AvgIpc) is 3.50. The maximum Gasteiger partial charge on any atom is 0.146 e. The number of benzene rings is 2. The third-order valence-electron chi connectivity index (χ3n) is 6.25.